The highest BCUT2D eigenvalue weighted by Crippen LogP contribution is 2.26. The normalized spacial score (nSPS) is 29.7. The molecule has 1 aliphatic carbocycles. The molecule has 1 aliphatic rings. The van der Waals surface area contributed by atoms with Crippen LogP contribution in [0.2, 0.25) is 0 Å². The van der Waals surface area contributed by atoms with E-state index in [9.17, 15) is 0 Å². The fourth-order valence-electron chi connectivity index (χ4n) is 2.22. The third-order valence-electron chi connectivity index (χ3n) is 3.05. The molecule has 0 aliphatic heterocycles. The maximum atomic E-state index is 6.01. The van der Waals surface area contributed by atoms with E-state index in [-0.39, 0.29) is 0 Å². The van der Waals surface area contributed by atoms with E-state index in [0.29, 0.717) is 6.04 Å². The average Bonchev–Trinajstić information content (AvgIpc) is 2.26. The summed E-state index contributed by atoms with van der Waals surface area (Å²) in [6.07, 6.45) is 9.09. The molecule has 0 bridgehead atoms. The second kappa shape index (κ2) is 5.43. The summed E-state index contributed by atoms with van der Waals surface area (Å²) in [5.41, 5.74) is 7.33. The molecule has 13 heavy (non-hydrogen) atoms. The topological polar surface area (TPSA) is 26.0 Å². The summed E-state index contributed by atoms with van der Waals surface area (Å²) in [7, 11) is 0. The van der Waals surface area contributed by atoms with Gasteiger partial charge in [0.2, 0.25) is 0 Å². The van der Waals surface area contributed by atoms with Crippen LogP contribution in [0, 0.1) is 5.92 Å². The molecule has 76 valence electrons. The Morgan fingerprint density at radius 3 is 2.77 bits per heavy atom. The largest absolute Gasteiger partial charge is 0.328 e. The van der Waals surface area contributed by atoms with Gasteiger partial charge in [-0.1, -0.05) is 24.8 Å². The molecule has 0 radical (unpaired) electrons. The van der Waals surface area contributed by atoms with Crippen molar-refractivity contribution in [2.24, 2.45) is 11.7 Å². The van der Waals surface area contributed by atoms with Gasteiger partial charge in [-0.3, -0.25) is 0 Å². The van der Waals surface area contributed by atoms with E-state index in [1.165, 1.54) is 50.5 Å². The maximum Gasteiger partial charge on any atom is 0.00414 e. The molecule has 1 nitrogen and oxygen atoms in total. The summed E-state index contributed by atoms with van der Waals surface area (Å²) >= 11 is 0. The number of rotatable bonds is 3. The Balaban J connectivity index is 2.26. The molecule has 0 aromatic heterocycles. The summed E-state index contributed by atoms with van der Waals surface area (Å²) in [6.45, 7) is 6.07. The lowest BCUT2D eigenvalue weighted by Gasteiger charge is -2.16. The van der Waals surface area contributed by atoms with Crippen molar-refractivity contribution in [3.63, 3.8) is 0 Å². The second-order valence-electron chi connectivity index (χ2n) is 4.64. The molecule has 1 rings (SSSR count). The standard InChI is InChI=1S/C12H23N/c1-10(2)7-8-11-5-3-4-6-12(13)9-11/h11-12H,1,3-9,13H2,2H3. The van der Waals surface area contributed by atoms with Gasteiger partial charge in [0.05, 0.1) is 0 Å². The van der Waals surface area contributed by atoms with E-state index < -0.39 is 0 Å². The van der Waals surface area contributed by atoms with Crippen LogP contribution in [0.1, 0.15) is 51.9 Å². The van der Waals surface area contributed by atoms with E-state index in [4.69, 9.17) is 5.73 Å². The van der Waals surface area contributed by atoms with E-state index in [2.05, 4.69) is 13.5 Å². The molecule has 0 aromatic carbocycles. The lowest BCUT2D eigenvalue weighted by molar-refractivity contribution is 0.406. The predicted octanol–water partition coefficient (Wildman–Crippen LogP) is 3.25. The van der Waals surface area contributed by atoms with Crippen LogP contribution in [0.4, 0.5) is 0 Å². The number of hydrogen-bond donors (Lipinski definition) is 1. The zero-order valence-electron chi connectivity index (χ0n) is 8.89. The Kier molecular flexibility index (Phi) is 4.51. The molecule has 1 fully saturated rings. The second-order valence-corrected chi connectivity index (χ2v) is 4.64. The first-order chi connectivity index (χ1) is 6.18. The van der Waals surface area contributed by atoms with E-state index in [1.54, 1.807) is 0 Å². The van der Waals surface area contributed by atoms with Gasteiger partial charge >= 0.3 is 0 Å². The Hall–Kier alpha value is -0.300. The first kappa shape index (κ1) is 10.8. The number of hydrogen-bond acceptors (Lipinski definition) is 1. The van der Waals surface area contributed by atoms with Crippen LogP contribution in [0.3, 0.4) is 0 Å². The molecule has 0 saturated heterocycles. The highest BCUT2D eigenvalue weighted by molar-refractivity contribution is 4.88. The van der Waals surface area contributed by atoms with Crippen LogP contribution in [0.5, 0.6) is 0 Å². The van der Waals surface area contributed by atoms with E-state index in [0.717, 1.165) is 5.92 Å². The van der Waals surface area contributed by atoms with Crippen molar-refractivity contribution in [2.75, 3.05) is 0 Å². The quantitative estimate of drug-likeness (QED) is 0.525. The predicted molar refractivity (Wildman–Crippen MR) is 58.6 cm³/mol. The van der Waals surface area contributed by atoms with Crippen molar-refractivity contribution >= 4 is 0 Å². The summed E-state index contributed by atoms with van der Waals surface area (Å²) in [4.78, 5) is 0. The van der Waals surface area contributed by atoms with Crippen molar-refractivity contribution in [3.8, 4) is 0 Å². The van der Waals surface area contributed by atoms with Crippen molar-refractivity contribution in [3.05, 3.63) is 12.2 Å². The van der Waals surface area contributed by atoms with Gasteiger partial charge < -0.3 is 5.73 Å². The van der Waals surface area contributed by atoms with Crippen molar-refractivity contribution in [1.29, 1.82) is 0 Å². The van der Waals surface area contributed by atoms with Crippen LogP contribution >= 0.6 is 0 Å². The molecule has 0 aromatic rings. The minimum atomic E-state index is 0.470. The fourth-order valence-corrected chi connectivity index (χ4v) is 2.22. The van der Waals surface area contributed by atoms with Crippen LogP contribution in [-0.2, 0) is 0 Å². The van der Waals surface area contributed by atoms with Crippen molar-refractivity contribution in [2.45, 2.75) is 57.9 Å². The average molecular weight is 181 g/mol. The molecular weight excluding hydrogens is 158 g/mol. The number of allylic oxidation sites excluding steroid dienone is 1. The lowest BCUT2D eigenvalue weighted by atomic mass is 9.92. The molecule has 2 N–H and O–H groups in total. The monoisotopic (exact) mass is 181 g/mol. The third-order valence-corrected chi connectivity index (χ3v) is 3.05. The first-order valence-electron chi connectivity index (χ1n) is 5.58. The Morgan fingerprint density at radius 1 is 1.38 bits per heavy atom. The van der Waals surface area contributed by atoms with Gasteiger partial charge in [0, 0.05) is 6.04 Å². The molecular formula is C12H23N. The fraction of sp³-hybridized carbons (Fsp3) is 0.833. The van der Waals surface area contributed by atoms with Crippen LogP contribution < -0.4 is 5.73 Å². The molecule has 2 atom stereocenters. The molecule has 1 saturated carbocycles. The van der Waals surface area contributed by atoms with Gasteiger partial charge in [0.1, 0.15) is 0 Å². The van der Waals surface area contributed by atoms with Gasteiger partial charge in [0.15, 0.2) is 0 Å². The zero-order chi connectivity index (χ0) is 9.68. The number of nitrogens with two attached hydrogens (primary N) is 1. The molecule has 0 heterocycles. The van der Waals surface area contributed by atoms with Gasteiger partial charge in [0.25, 0.3) is 0 Å². The Labute approximate surface area is 82.4 Å². The van der Waals surface area contributed by atoms with Gasteiger partial charge in [-0.15, -0.1) is 6.58 Å². The highest BCUT2D eigenvalue weighted by atomic mass is 14.6. The lowest BCUT2D eigenvalue weighted by Crippen LogP contribution is -2.21. The van der Waals surface area contributed by atoms with Crippen molar-refractivity contribution < 1.29 is 0 Å². The minimum absolute atomic E-state index is 0.470. The van der Waals surface area contributed by atoms with Crippen LogP contribution in [0.15, 0.2) is 12.2 Å². The Morgan fingerprint density at radius 2 is 2.08 bits per heavy atom. The maximum absolute atomic E-state index is 6.01. The van der Waals surface area contributed by atoms with Crippen LogP contribution in [-0.4, -0.2) is 6.04 Å². The molecule has 2 unspecified atom stereocenters. The molecule has 0 amide bonds. The summed E-state index contributed by atoms with van der Waals surface area (Å²) < 4.78 is 0. The minimum Gasteiger partial charge on any atom is -0.328 e. The Bertz CT molecular complexity index is 163. The SMILES string of the molecule is C=C(C)CCC1CCCCC(N)C1. The van der Waals surface area contributed by atoms with Crippen molar-refractivity contribution in [1.82, 2.24) is 0 Å². The van der Waals surface area contributed by atoms with Gasteiger partial charge in [-0.2, -0.15) is 0 Å². The zero-order valence-corrected chi connectivity index (χ0v) is 8.89. The summed E-state index contributed by atoms with van der Waals surface area (Å²) in [5.74, 6) is 0.870. The molecule has 1 heteroatoms. The van der Waals surface area contributed by atoms with Gasteiger partial charge in [-0.25, -0.2) is 0 Å². The molecule has 0 spiro atoms. The summed E-state index contributed by atoms with van der Waals surface area (Å²) in [5, 5.41) is 0. The van der Waals surface area contributed by atoms with E-state index in [1.807, 2.05) is 0 Å². The third kappa shape index (κ3) is 4.47. The van der Waals surface area contributed by atoms with E-state index >= 15 is 0 Å². The first-order valence-corrected chi connectivity index (χ1v) is 5.58. The smallest absolute Gasteiger partial charge is 0.00414 e. The summed E-state index contributed by atoms with van der Waals surface area (Å²) in [6, 6.07) is 0.470. The van der Waals surface area contributed by atoms with Gasteiger partial charge in [-0.05, 0) is 38.5 Å². The highest BCUT2D eigenvalue weighted by Gasteiger charge is 2.16. The van der Waals surface area contributed by atoms with Crippen LogP contribution in [0.25, 0.3) is 0 Å².